The lowest BCUT2D eigenvalue weighted by Crippen LogP contribution is -1.99. The number of imidazole rings is 1. The Hall–Kier alpha value is -2.88. The summed E-state index contributed by atoms with van der Waals surface area (Å²) in [5.74, 6) is -0.315. The van der Waals surface area contributed by atoms with Crippen LogP contribution in [0, 0.1) is 6.92 Å². The van der Waals surface area contributed by atoms with E-state index < -0.39 is 5.97 Å². The van der Waals surface area contributed by atoms with Crippen molar-refractivity contribution in [3.63, 3.8) is 0 Å². The van der Waals surface area contributed by atoms with Gasteiger partial charge in [-0.25, -0.2) is 9.78 Å². The minimum Gasteiger partial charge on any atom is -0.476 e. The highest BCUT2D eigenvalue weighted by Gasteiger charge is 2.17. The molecule has 4 heteroatoms. The number of nitrogens with zero attached hydrogens (tertiary/aromatic N) is 1. The van der Waals surface area contributed by atoms with Crippen molar-refractivity contribution in [2.45, 2.75) is 19.8 Å². The van der Waals surface area contributed by atoms with Crippen LogP contribution in [0.25, 0.3) is 11.3 Å². The molecule has 0 saturated carbocycles. The summed E-state index contributed by atoms with van der Waals surface area (Å²) in [5, 5.41) is 9.40. The SMILES string of the molecule is Cc1ccc(-c2[nH]c(CCc3ccccc3)nc2C(=O)O)cc1. The third-order valence-corrected chi connectivity index (χ3v) is 3.79. The number of aromatic nitrogens is 2. The molecule has 0 amide bonds. The van der Waals surface area contributed by atoms with Gasteiger partial charge in [-0.3, -0.25) is 0 Å². The van der Waals surface area contributed by atoms with Crippen molar-refractivity contribution in [2.75, 3.05) is 0 Å². The number of aryl methyl sites for hydroxylation is 3. The van der Waals surface area contributed by atoms with E-state index in [9.17, 15) is 9.90 Å². The normalized spacial score (nSPS) is 10.7. The second-order valence-electron chi connectivity index (χ2n) is 5.56. The lowest BCUT2D eigenvalue weighted by Gasteiger charge is -2.00. The van der Waals surface area contributed by atoms with Crippen molar-refractivity contribution in [3.05, 3.63) is 77.2 Å². The fraction of sp³-hybridized carbons (Fsp3) is 0.158. The zero-order chi connectivity index (χ0) is 16.2. The molecule has 1 heterocycles. The molecule has 3 aromatic rings. The van der Waals surface area contributed by atoms with Crippen LogP contribution in [-0.4, -0.2) is 21.0 Å². The summed E-state index contributed by atoms with van der Waals surface area (Å²) < 4.78 is 0. The third kappa shape index (κ3) is 3.48. The van der Waals surface area contributed by atoms with Gasteiger partial charge in [-0.15, -0.1) is 0 Å². The highest BCUT2D eigenvalue weighted by Crippen LogP contribution is 2.23. The second-order valence-corrected chi connectivity index (χ2v) is 5.56. The van der Waals surface area contributed by atoms with E-state index in [1.807, 2.05) is 49.4 Å². The van der Waals surface area contributed by atoms with Crippen molar-refractivity contribution in [3.8, 4) is 11.3 Å². The highest BCUT2D eigenvalue weighted by molar-refractivity contribution is 5.93. The van der Waals surface area contributed by atoms with E-state index in [0.717, 1.165) is 17.5 Å². The molecule has 0 atom stereocenters. The van der Waals surface area contributed by atoms with E-state index in [4.69, 9.17) is 0 Å². The minimum absolute atomic E-state index is 0.0805. The number of carbonyl (C=O) groups is 1. The average Bonchev–Trinajstić information content (AvgIpc) is 2.99. The van der Waals surface area contributed by atoms with Gasteiger partial charge in [-0.05, 0) is 18.9 Å². The van der Waals surface area contributed by atoms with E-state index in [2.05, 4.69) is 22.1 Å². The van der Waals surface area contributed by atoms with Crippen LogP contribution in [0.2, 0.25) is 0 Å². The number of benzene rings is 2. The molecule has 3 rings (SSSR count). The number of carboxylic acids is 1. The number of carboxylic acid groups (broad SMARTS) is 1. The summed E-state index contributed by atoms with van der Waals surface area (Å²) in [6.07, 6.45) is 1.50. The molecule has 0 aliphatic rings. The number of hydrogen-bond donors (Lipinski definition) is 2. The summed E-state index contributed by atoms with van der Waals surface area (Å²) >= 11 is 0. The van der Waals surface area contributed by atoms with Gasteiger partial charge in [0.2, 0.25) is 0 Å². The van der Waals surface area contributed by atoms with Gasteiger partial charge >= 0.3 is 5.97 Å². The predicted octanol–water partition coefficient (Wildman–Crippen LogP) is 3.87. The molecule has 0 aliphatic carbocycles. The Labute approximate surface area is 134 Å². The molecule has 0 aliphatic heterocycles. The Bertz CT molecular complexity index is 805. The molecule has 4 nitrogen and oxygen atoms in total. The van der Waals surface area contributed by atoms with Crippen LogP contribution in [-0.2, 0) is 12.8 Å². The molecule has 0 spiro atoms. The molecule has 0 saturated heterocycles. The maximum Gasteiger partial charge on any atom is 0.356 e. The summed E-state index contributed by atoms with van der Waals surface area (Å²) in [6, 6.07) is 17.8. The van der Waals surface area contributed by atoms with Crippen molar-refractivity contribution < 1.29 is 9.90 Å². The first kappa shape index (κ1) is 15.0. The lowest BCUT2D eigenvalue weighted by atomic mass is 10.1. The molecule has 2 aromatic carbocycles. The summed E-state index contributed by atoms with van der Waals surface area (Å²) in [7, 11) is 0. The summed E-state index contributed by atoms with van der Waals surface area (Å²) in [5.41, 5.74) is 3.83. The number of H-pyrrole nitrogens is 1. The Morgan fingerprint density at radius 1 is 1.04 bits per heavy atom. The first-order valence-corrected chi connectivity index (χ1v) is 7.56. The fourth-order valence-corrected chi connectivity index (χ4v) is 2.53. The molecule has 1 aromatic heterocycles. The average molecular weight is 306 g/mol. The van der Waals surface area contributed by atoms with Crippen LogP contribution in [0.3, 0.4) is 0 Å². The van der Waals surface area contributed by atoms with Gasteiger partial charge in [-0.1, -0.05) is 60.2 Å². The second kappa shape index (κ2) is 6.48. The van der Waals surface area contributed by atoms with Crippen LogP contribution >= 0.6 is 0 Å². The molecule has 23 heavy (non-hydrogen) atoms. The monoisotopic (exact) mass is 306 g/mol. The molecule has 0 radical (unpaired) electrons. The molecular formula is C19H18N2O2. The smallest absolute Gasteiger partial charge is 0.356 e. The fourth-order valence-electron chi connectivity index (χ4n) is 2.53. The van der Waals surface area contributed by atoms with E-state index in [1.54, 1.807) is 0 Å². The van der Waals surface area contributed by atoms with Crippen molar-refractivity contribution in [1.82, 2.24) is 9.97 Å². The Morgan fingerprint density at radius 3 is 2.39 bits per heavy atom. The number of nitrogens with one attached hydrogen (secondary N) is 1. The zero-order valence-electron chi connectivity index (χ0n) is 12.9. The number of rotatable bonds is 5. The molecule has 0 bridgehead atoms. The largest absolute Gasteiger partial charge is 0.476 e. The summed E-state index contributed by atoms with van der Waals surface area (Å²) in [6.45, 7) is 2.00. The van der Waals surface area contributed by atoms with Gasteiger partial charge in [0.05, 0.1) is 5.69 Å². The topological polar surface area (TPSA) is 66.0 Å². The van der Waals surface area contributed by atoms with Gasteiger partial charge < -0.3 is 10.1 Å². The quantitative estimate of drug-likeness (QED) is 0.752. The number of aromatic carboxylic acids is 1. The third-order valence-electron chi connectivity index (χ3n) is 3.79. The van der Waals surface area contributed by atoms with Gasteiger partial charge in [0, 0.05) is 12.0 Å². The minimum atomic E-state index is -1.01. The van der Waals surface area contributed by atoms with Crippen LogP contribution in [0.4, 0.5) is 0 Å². The lowest BCUT2D eigenvalue weighted by molar-refractivity contribution is 0.0692. The molecule has 116 valence electrons. The highest BCUT2D eigenvalue weighted by atomic mass is 16.4. The van der Waals surface area contributed by atoms with E-state index >= 15 is 0 Å². The molecular weight excluding hydrogens is 288 g/mol. The standard InChI is InChI=1S/C19H18N2O2/c1-13-7-10-15(11-8-13)17-18(19(22)23)21-16(20-17)12-9-14-5-3-2-4-6-14/h2-8,10-11H,9,12H2,1H3,(H,20,21)(H,22,23). The van der Waals surface area contributed by atoms with Crippen LogP contribution < -0.4 is 0 Å². The maximum absolute atomic E-state index is 11.5. The Morgan fingerprint density at radius 2 is 1.74 bits per heavy atom. The molecule has 2 N–H and O–H groups in total. The van der Waals surface area contributed by atoms with Crippen LogP contribution in [0.15, 0.2) is 54.6 Å². The van der Waals surface area contributed by atoms with Gasteiger partial charge in [0.15, 0.2) is 5.69 Å². The van der Waals surface area contributed by atoms with Crippen LogP contribution in [0.5, 0.6) is 0 Å². The predicted molar refractivity (Wildman–Crippen MR) is 89.6 cm³/mol. The summed E-state index contributed by atoms with van der Waals surface area (Å²) in [4.78, 5) is 18.9. The van der Waals surface area contributed by atoms with Crippen molar-refractivity contribution in [1.29, 1.82) is 0 Å². The maximum atomic E-state index is 11.5. The molecule has 0 fully saturated rings. The molecule has 0 unspecified atom stereocenters. The van der Waals surface area contributed by atoms with Crippen LogP contribution in [0.1, 0.15) is 27.4 Å². The Kier molecular flexibility index (Phi) is 4.24. The van der Waals surface area contributed by atoms with Crippen molar-refractivity contribution >= 4 is 5.97 Å². The van der Waals surface area contributed by atoms with Gasteiger partial charge in [0.1, 0.15) is 5.82 Å². The van der Waals surface area contributed by atoms with Gasteiger partial charge in [0.25, 0.3) is 0 Å². The van der Waals surface area contributed by atoms with Crippen molar-refractivity contribution in [2.24, 2.45) is 0 Å². The Balaban J connectivity index is 1.86. The number of hydrogen-bond acceptors (Lipinski definition) is 2. The first-order chi connectivity index (χ1) is 11.1. The van der Waals surface area contributed by atoms with Gasteiger partial charge in [-0.2, -0.15) is 0 Å². The van der Waals surface area contributed by atoms with E-state index in [0.29, 0.717) is 17.9 Å². The number of aromatic amines is 1. The van der Waals surface area contributed by atoms with E-state index in [1.165, 1.54) is 5.56 Å². The first-order valence-electron chi connectivity index (χ1n) is 7.56. The zero-order valence-corrected chi connectivity index (χ0v) is 12.9. The van der Waals surface area contributed by atoms with E-state index in [-0.39, 0.29) is 5.69 Å².